The monoisotopic (exact) mass is 486 g/mol. The Bertz CT molecular complexity index is 1270. The Hall–Kier alpha value is -3.32. The molecule has 0 bridgehead atoms. The number of anilines is 2. The third-order valence-electron chi connectivity index (χ3n) is 4.52. The largest absolute Gasteiger partial charge is 0.421 e. The molecule has 0 fully saturated rings. The first-order valence-electron chi connectivity index (χ1n) is 9.23. The van der Waals surface area contributed by atoms with E-state index in [1.807, 2.05) is 0 Å². The Kier molecular flexibility index (Phi) is 6.19. The number of hydrogen-bond donors (Lipinski definition) is 1. The van der Waals surface area contributed by atoms with E-state index in [1.54, 1.807) is 54.6 Å². The second-order valence-corrected chi connectivity index (χ2v) is 7.86. The van der Waals surface area contributed by atoms with E-state index in [1.165, 1.54) is 18.2 Å². The third-order valence-corrected chi connectivity index (χ3v) is 5.42. The molecular weight excluding hydrogens is 475 g/mol. The van der Waals surface area contributed by atoms with Crippen LogP contribution in [-0.4, -0.2) is 17.8 Å². The van der Waals surface area contributed by atoms with Crippen molar-refractivity contribution in [3.63, 3.8) is 0 Å². The Morgan fingerprint density at radius 2 is 1.56 bits per heavy atom. The van der Waals surface area contributed by atoms with E-state index in [9.17, 15) is 14.4 Å². The molecule has 2 amide bonds. The van der Waals surface area contributed by atoms with E-state index in [0.717, 1.165) is 4.90 Å². The molecule has 0 radical (unpaired) electrons. The molecule has 1 aliphatic heterocycles. The highest BCUT2D eigenvalue weighted by molar-refractivity contribution is 6.53. The minimum Gasteiger partial charge on any atom is -0.421 e. The number of rotatable bonds is 5. The van der Waals surface area contributed by atoms with Crippen LogP contribution in [0.1, 0.15) is 10.4 Å². The first kappa shape index (κ1) is 21.9. The fraction of sp³-hybridized carbons (Fsp3) is 0. The highest BCUT2D eigenvalue weighted by Crippen LogP contribution is 2.31. The van der Waals surface area contributed by atoms with Gasteiger partial charge in [0.05, 0.1) is 16.3 Å². The van der Waals surface area contributed by atoms with Crippen LogP contribution in [0, 0.1) is 0 Å². The highest BCUT2D eigenvalue weighted by atomic mass is 35.5. The van der Waals surface area contributed by atoms with Gasteiger partial charge in [-0.05, 0) is 54.6 Å². The van der Waals surface area contributed by atoms with Gasteiger partial charge in [0.2, 0.25) is 0 Å². The summed E-state index contributed by atoms with van der Waals surface area (Å²) in [5.41, 5.74) is 0.939. The molecule has 0 atom stereocenters. The summed E-state index contributed by atoms with van der Waals surface area (Å²) in [6.07, 6.45) is 0. The second-order valence-electron chi connectivity index (χ2n) is 6.64. The van der Waals surface area contributed by atoms with Crippen molar-refractivity contribution in [2.75, 3.05) is 10.2 Å². The van der Waals surface area contributed by atoms with Crippen molar-refractivity contribution >= 4 is 64.0 Å². The number of nitrogens with one attached hydrogen (secondary N) is 1. The maximum Gasteiger partial charge on any atom is 0.343 e. The molecule has 0 saturated carbocycles. The Labute approximate surface area is 197 Å². The number of benzene rings is 3. The summed E-state index contributed by atoms with van der Waals surface area (Å²) < 4.78 is 5.29. The smallest absolute Gasteiger partial charge is 0.343 e. The van der Waals surface area contributed by atoms with Gasteiger partial charge in [0.1, 0.15) is 16.5 Å². The standard InChI is InChI=1S/C23H13Cl3N2O4/c24-14-4-3-5-16(12-14)28-21(29)19(26)20(22(28)30)27-15-10-8-13(9-11-15)23(31)32-18-7-2-1-6-17(18)25/h1-12,27H. The molecule has 3 aromatic rings. The van der Waals surface area contributed by atoms with Gasteiger partial charge in [0, 0.05) is 10.7 Å². The van der Waals surface area contributed by atoms with Crippen molar-refractivity contribution in [2.45, 2.75) is 0 Å². The number of amides is 2. The molecule has 0 saturated heterocycles. The van der Waals surface area contributed by atoms with Crippen LogP contribution in [0.15, 0.2) is 83.5 Å². The molecule has 6 nitrogen and oxygen atoms in total. The summed E-state index contributed by atoms with van der Waals surface area (Å²) in [7, 11) is 0. The van der Waals surface area contributed by atoms with Gasteiger partial charge in [0.25, 0.3) is 11.8 Å². The van der Waals surface area contributed by atoms with Crippen LogP contribution in [0.25, 0.3) is 0 Å². The van der Waals surface area contributed by atoms with Gasteiger partial charge in [-0.3, -0.25) is 9.59 Å². The van der Waals surface area contributed by atoms with Crippen molar-refractivity contribution in [3.8, 4) is 5.75 Å². The van der Waals surface area contributed by atoms with Gasteiger partial charge in [-0.1, -0.05) is 53.0 Å². The normalized spacial score (nSPS) is 13.5. The van der Waals surface area contributed by atoms with Gasteiger partial charge in [-0.25, -0.2) is 9.69 Å². The second kappa shape index (κ2) is 9.04. The topological polar surface area (TPSA) is 75.7 Å². The zero-order valence-electron chi connectivity index (χ0n) is 16.1. The van der Waals surface area contributed by atoms with Crippen LogP contribution in [0.4, 0.5) is 11.4 Å². The lowest BCUT2D eigenvalue weighted by Gasteiger charge is -2.15. The SMILES string of the molecule is O=C(Oc1ccccc1Cl)c1ccc(NC2=C(Cl)C(=O)N(c3cccc(Cl)c3)C2=O)cc1. The average molecular weight is 488 g/mol. The van der Waals surface area contributed by atoms with E-state index in [2.05, 4.69) is 5.32 Å². The van der Waals surface area contributed by atoms with Crippen molar-refractivity contribution in [1.29, 1.82) is 0 Å². The van der Waals surface area contributed by atoms with E-state index in [0.29, 0.717) is 21.4 Å². The summed E-state index contributed by atoms with van der Waals surface area (Å²) >= 11 is 18.1. The van der Waals surface area contributed by atoms with Gasteiger partial charge in [-0.2, -0.15) is 0 Å². The number of carbonyl (C=O) groups is 3. The lowest BCUT2D eigenvalue weighted by Crippen LogP contribution is -2.32. The summed E-state index contributed by atoms with van der Waals surface area (Å²) in [4.78, 5) is 38.6. The van der Waals surface area contributed by atoms with Gasteiger partial charge in [0.15, 0.2) is 0 Å². The summed E-state index contributed by atoms with van der Waals surface area (Å²) in [5.74, 6) is -1.64. The van der Waals surface area contributed by atoms with Crippen LogP contribution in [0.5, 0.6) is 5.75 Å². The number of hydrogen-bond acceptors (Lipinski definition) is 5. The number of esters is 1. The molecule has 1 N–H and O–H groups in total. The number of para-hydroxylation sites is 1. The van der Waals surface area contributed by atoms with Crippen LogP contribution in [-0.2, 0) is 9.59 Å². The lowest BCUT2D eigenvalue weighted by molar-refractivity contribution is -0.120. The van der Waals surface area contributed by atoms with Crippen LogP contribution >= 0.6 is 34.8 Å². The predicted octanol–water partition coefficient (Wildman–Crippen LogP) is 5.65. The summed E-state index contributed by atoms with van der Waals surface area (Å²) in [6.45, 7) is 0. The minimum atomic E-state index is -0.665. The number of carbonyl (C=O) groups excluding carboxylic acids is 3. The maximum atomic E-state index is 12.8. The lowest BCUT2D eigenvalue weighted by atomic mass is 10.2. The molecule has 9 heteroatoms. The molecule has 0 aliphatic carbocycles. The van der Waals surface area contributed by atoms with E-state index in [-0.39, 0.29) is 22.0 Å². The van der Waals surface area contributed by atoms with Gasteiger partial charge in [-0.15, -0.1) is 0 Å². The van der Waals surface area contributed by atoms with Crippen LogP contribution < -0.4 is 15.0 Å². The van der Waals surface area contributed by atoms with E-state index in [4.69, 9.17) is 39.5 Å². The molecule has 1 heterocycles. The fourth-order valence-electron chi connectivity index (χ4n) is 2.98. The predicted molar refractivity (Wildman–Crippen MR) is 123 cm³/mol. The van der Waals surface area contributed by atoms with Crippen molar-refractivity contribution in [2.24, 2.45) is 0 Å². The minimum absolute atomic E-state index is 0.0805. The van der Waals surface area contributed by atoms with Crippen LogP contribution in [0.3, 0.4) is 0 Å². The van der Waals surface area contributed by atoms with Crippen molar-refractivity contribution in [1.82, 2.24) is 0 Å². The van der Waals surface area contributed by atoms with Gasteiger partial charge < -0.3 is 10.1 Å². The summed E-state index contributed by atoms with van der Waals surface area (Å²) in [5, 5.41) is 3.28. The van der Waals surface area contributed by atoms with Crippen molar-refractivity contribution in [3.05, 3.63) is 99.1 Å². The molecule has 0 unspecified atom stereocenters. The molecule has 4 rings (SSSR count). The Balaban J connectivity index is 1.49. The Morgan fingerprint density at radius 1 is 0.844 bits per heavy atom. The summed E-state index contributed by atoms with van der Waals surface area (Å²) in [6, 6.07) is 19.1. The van der Waals surface area contributed by atoms with Crippen molar-refractivity contribution < 1.29 is 19.1 Å². The highest BCUT2D eigenvalue weighted by Gasteiger charge is 2.39. The molecule has 0 spiro atoms. The Morgan fingerprint density at radius 3 is 2.25 bits per heavy atom. The number of nitrogens with zero attached hydrogens (tertiary/aromatic N) is 1. The number of ether oxygens (including phenoxy) is 1. The molecule has 32 heavy (non-hydrogen) atoms. The third kappa shape index (κ3) is 4.34. The quantitative estimate of drug-likeness (QED) is 0.286. The van der Waals surface area contributed by atoms with E-state index < -0.39 is 17.8 Å². The fourth-order valence-corrected chi connectivity index (χ4v) is 3.55. The molecule has 3 aromatic carbocycles. The van der Waals surface area contributed by atoms with Crippen LogP contribution in [0.2, 0.25) is 10.0 Å². The molecule has 0 aromatic heterocycles. The molecular formula is C23H13Cl3N2O4. The number of halogens is 3. The first-order valence-corrected chi connectivity index (χ1v) is 10.4. The molecule has 1 aliphatic rings. The molecule has 160 valence electrons. The average Bonchev–Trinajstić information content (AvgIpc) is 2.99. The first-order chi connectivity index (χ1) is 15.3. The zero-order chi connectivity index (χ0) is 22.8. The maximum absolute atomic E-state index is 12.8. The van der Waals surface area contributed by atoms with E-state index >= 15 is 0 Å². The number of imide groups is 1. The zero-order valence-corrected chi connectivity index (χ0v) is 18.4. The van der Waals surface area contributed by atoms with Gasteiger partial charge >= 0.3 is 5.97 Å².